The third-order valence-corrected chi connectivity index (χ3v) is 2.77. The molecule has 0 heterocycles. The third kappa shape index (κ3) is 2.05. The summed E-state index contributed by atoms with van der Waals surface area (Å²) in [6, 6.07) is 3.14. The van der Waals surface area contributed by atoms with Crippen LogP contribution in [0.4, 0.5) is 4.39 Å². The summed E-state index contributed by atoms with van der Waals surface area (Å²) in [7, 11) is 1.37. The van der Waals surface area contributed by atoms with Crippen molar-refractivity contribution >= 4 is 15.9 Å². The summed E-state index contributed by atoms with van der Waals surface area (Å²) in [5.74, 6) is -1.46. The lowest BCUT2D eigenvalue weighted by molar-refractivity contribution is 0.395. The Morgan fingerprint density at radius 3 is 2.73 bits per heavy atom. The summed E-state index contributed by atoms with van der Waals surface area (Å²) in [4.78, 5) is 0. The van der Waals surface area contributed by atoms with E-state index in [2.05, 4.69) is 15.9 Å². The fourth-order valence-electron chi connectivity index (χ4n) is 1.23. The van der Waals surface area contributed by atoms with Gasteiger partial charge in [0.2, 0.25) is 0 Å². The standard InChI is InChI=1S/C10H9BrFNO2/c1-5(4-13)8-6(14)3-7(15-2)9(11)10(8)12/h3,5,14H,1-2H3. The van der Waals surface area contributed by atoms with Crippen molar-refractivity contribution in [2.75, 3.05) is 7.11 Å². The van der Waals surface area contributed by atoms with Crippen molar-refractivity contribution in [3.8, 4) is 17.6 Å². The molecule has 0 aliphatic heterocycles. The minimum Gasteiger partial charge on any atom is -0.507 e. The monoisotopic (exact) mass is 273 g/mol. The Bertz CT molecular complexity index is 428. The van der Waals surface area contributed by atoms with Gasteiger partial charge in [0.1, 0.15) is 17.3 Å². The van der Waals surface area contributed by atoms with Crippen molar-refractivity contribution in [3.05, 3.63) is 21.9 Å². The average molecular weight is 274 g/mol. The smallest absolute Gasteiger partial charge is 0.149 e. The molecule has 1 N–H and O–H groups in total. The molecule has 0 fully saturated rings. The molecule has 0 aromatic heterocycles. The summed E-state index contributed by atoms with van der Waals surface area (Å²) < 4.78 is 18.7. The molecular formula is C10H9BrFNO2. The number of phenolic OH excluding ortho intramolecular Hbond substituents is 1. The Hall–Kier alpha value is -1.28. The molecule has 1 atom stereocenters. The van der Waals surface area contributed by atoms with Crippen molar-refractivity contribution in [3.63, 3.8) is 0 Å². The Kier molecular flexibility index (Phi) is 3.53. The van der Waals surface area contributed by atoms with Crippen LogP contribution in [-0.2, 0) is 0 Å². The Labute approximate surface area is 95.2 Å². The van der Waals surface area contributed by atoms with Gasteiger partial charge in [-0.15, -0.1) is 0 Å². The van der Waals surface area contributed by atoms with Gasteiger partial charge in [-0.05, 0) is 22.9 Å². The van der Waals surface area contributed by atoms with Gasteiger partial charge in [-0.2, -0.15) is 5.26 Å². The molecule has 0 amide bonds. The van der Waals surface area contributed by atoms with Crippen LogP contribution in [0.2, 0.25) is 0 Å². The molecule has 1 aromatic rings. The topological polar surface area (TPSA) is 53.2 Å². The van der Waals surface area contributed by atoms with Crippen LogP contribution in [0.1, 0.15) is 18.4 Å². The molecule has 0 spiro atoms. The molecule has 0 aliphatic rings. The maximum atomic E-state index is 13.7. The lowest BCUT2D eigenvalue weighted by Gasteiger charge is -2.12. The summed E-state index contributed by atoms with van der Waals surface area (Å²) >= 11 is 3.00. The van der Waals surface area contributed by atoms with Crippen molar-refractivity contribution in [1.29, 1.82) is 5.26 Å². The fourth-order valence-corrected chi connectivity index (χ4v) is 1.72. The molecule has 0 bridgehead atoms. The number of halogens is 2. The zero-order chi connectivity index (χ0) is 11.6. The predicted molar refractivity (Wildman–Crippen MR) is 56.3 cm³/mol. The lowest BCUT2D eigenvalue weighted by Crippen LogP contribution is -1.98. The van der Waals surface area contributed by atoms with Crippen LogP contribution < -0.4 is 4.74 Å². The number of hydrogen-bond acceptors (Lipinski definition) is 3. The summed E-state index contributed by atoms with van der Waals surface area (Å²) in [6.07, 6.45) is 0. The zero-order valence-electron chi connectivity index (χ0n) is 8.21. The van der Waals surface area contributed by atoms with Crippen molar-refractivity contribution < 1.29 is 14.2 Å². The summed E-state index contributed by atoms with van der Waals surface area (Å²) in [5.41, 5.74) is -0.0230. The van der Waals surface area contributed by atoms with E-state index in [0.29, 0.717) is 0 Å². The number of ether oxygens (including phenoxy) is 1. The molecule has 3 nitrogen and oxygen atoms in total. The van der Waals surface area contributed by atoms with E-state index in [0.717, 1.165) is 0 Å². The molecule has 0 saturated heterocycles. The van der Waals surface area contributed by atoms with Gasteiger partial charge in [-0.25, -0.2) is 4.39 Å². The molecule has 0 radical (unpaired) electrons. The van der Waals surface area contributed by atoms with Gasteiger partial charge in [0.15, 0.2) is 0 Å². The Morgan fingerprint density at radius 2 is 2.27 bits per heavy atom. The number of benzene rings is 1. The lowest BCUT2D eigenvalue weighted by atomic mass is 10.0. The van der Waals surface area contributed by atoms with Crippen LogP contribution in [0.3, 0.4) is 0 Å². The first-order valence-corrected chi connectivity index (χ1v) is 4.96. The van der Waals surface area contributed by atoms with Gasteiger partial charge in [-0.1, -0.05) is 0 Å². The van der Waals surface area contributed by atoms with E-state index < -0.39 is 11.7 Å². The highest BCUT2D eigenvalue weighted by molar-refractivity contribution is 9.10. The van der Waals surface area contributed by atoms with E-state index in [-0.39, 0.29) is 21.5 Å². The van der Waals surface area contributed by atoms with Crippen LogP contribution >= 0.6 is 15.9 Å². The maximum Gasteiger partial charge on any atom is 0.149 e. The second-order valence-corrected chi connectivity index (χ2v) is 3.78. The first-order chi connectivity index (χ1) is 7.02. The van der Waals surface area contributed by atoms with Crippen LogP contribution in [0.5, 0.6) is 11.5 Å². The van der Waals surface area contributed by atoms with E-state index in [9.17, 15) is 9.50 Å². The third-order valence-electron chi connectivity index (χ3n) is 2.04. The second-order valence-electron chi connectivity index (χ2n) is 2.99. The first kappa shape index (κ1) is 11.8. The molecular weight excluding hydrogens is 265 g/mol. The number of rotatable bonds is 2. The number of phenols is 1. The SMILES string of the molecule is COc1cc(O)c(C(C)C#N)c(F)c1Br. The van der Waals surface area contributed by atoms with Crippen molar-refractivity contribution in [1.82, 2.24) is 0 Å². The minimum absolute atomic E-state index is 0.0230. The summed E-state index contributed by atoms with van der Waals surface area (Å²) in [5, 5.41) is 18.2. The molecule has 5 heteroatoms. The number of nitrogens with zero attached hydrogens (tertiary/aromatic N) is 1. The first-order valence-electron chi connectivity index (χ1n) is 4.17. The van der Waals surface area contributed by atoms with E-state index >= 15 is 0 Å². The zero-order valence-corrected chi connectivity index (χ0v) is 9.80. The number of aromatic hydroxyl groups is 1. The van der Waals surface area contributed by atoms with Crippen LogP contribution in [0, 0.1) is 17.1 Å². The van der Waals surface area contributed by atoms with Crippen LogP contribution in [0.15, 0.2) is 10.5 Å². The summed E-state index contributed by atoms with van der Waals surface area (Å²) in [6.45, 7) is 1.51. The van der Waals surface area contributed by atoms with Gasteiger partial charge < -0.3 is 9.84 Å². The second kappa shape index (κ2) is 4.49. The molecule has 1 aromatic carbocycles. The average Bonchev–Trinajstić information content (AvgIpc) is 2.23. The van der Waals surface area contributed by atoms with E-state index in [4.69, 9.17) is 10.00 Å². The Balaban J connectivity index is 3.44. The van der Waals surface area contributed by atoms with Crippen LogP contribution in [-0.4, -0.2) is 12.2 Å². The molecule has 80 valence electrons. The fraction of sp³-hybridized carbons (Fsp3) is 0.300. The molecule has 1 unspecified atom stereocenters. The van der Waals surface area contributed by atoms with Gasteiger partial charge in [0.05, 0.1) is 23.6 Å². The maximum absolute atomic E-state index is 13.7. The van der Waals surface area contributed by atoms with Crippen molar-refractivity contribution in [2.24, 2.45) is 0 Å². The molecule has 0 aliphatic carbocycles. The molecule has 0 saturated carbocycles. The van der Waals surface area contributed by atoms with Gasteiger partial charge in [-0.3, -0.25) is 0 Å². The Morgan fingerprint density at radius 1 is 1.67 bits per heavy atom. The minimum atomic E-state index is -0.716. The number of hydrogen-bond donors (Lipinski definition) is 1. The highest BCUT2D eigenvalue weighted by Crippen LogP contribution is 2.38. The normalized spacial score (nSPS) is 11.9. The van der Waals surface area contributed by atoms with Gasteiger partial charge in [0.25, 0.3) is 0 Å². The van der Waals surface area contributed by atoms with E-state index in [1.807, 2.05) is 6.07 Å². The van der Waals surface area contributed by atoms with Crippen molar-refractivity contribution in [2.45, 2.75) is 12.8 Å². The molecule has 15 heavy (non-hydrogen) atoms. The predicted octanol–water partition coefficient (Wildman–Crippen LogP) is 2.93. The van der Waals surface area contributed by atoms with Gasteiger partial charge >= 0.3 is 0 Å². The number of methoxy groups -OCH3 is 1. The quantitative estimate of drug-likeness (QED) is 0.902. The highest BCUT2D eigenvalue weighted by Gasteiger charge is 2.21. The van der Waals surface area contributed by atoms with E-state index in [1.54, 1.807) is 0 Å². The van der Waals surface area contributed by atoms with Gasteiger partial charge in [0, 0.05) is 11.6 Å². The largest absolute Gasteiger partial charge is 0.507 e. The number of nitriles is 1. The highest BCUT2D eigenvalue weighted by atomic mass is 79.9. The molecule has 1 rings (SSSR count). The van der Waals surface area contributed by atoms with Crippen LogP contribution in [0.25, 0.3) is 0 Å². The van der Waals surface area contributed by atoms with E-state index in [1.165, 1.54) is 20.1 Å².